The number of nitrogens with zero attached hydrogens (tertiary/aromatic N) is 4. The van der Waals surface area contributed by atoms with Crippen molar-refractivity contribution >= 4 is 11.9 Å². The zero-order valence-electron chi connectivity index (χ0n) is 18.9. The third-order valence-electron chi connectivity index (χ3n) is 6.66. The largest absolute Gasteiger partial charge is 0.356 e. The topological polar surface area (TPSA) is 61.4 Å². The monoisotopic (exact) mass is 421 g/mol. The van der Waals surface area contributed by atoms with E-state index in [2.05, 4.69) is 56.3 Å². The molecule has 31 heavy (non-hydrogen) atoms. The van der Waals surface area contributed by atoms with E-state index in [1.807, 2.05) is 13.0 Å². The summed E-state index contributed by atoms with van der Waals surface area (Å²) in [7, 11) is 0. The van der Waals surface area contributed by atoms with E-state index in [1.54, 1.807) is 6.20 Å². The van der Waals surface area contributed by atoms with Gasteiger partial charge in [-0.3, -0.25) is 9.69 Å². The minimum Gasteiger partial charge on any atom is -0.356 e. The van der Waals surface area contributed by atoms with E-state index < -0.39 is 0 Å². The smallest absolute Gasteiger partial charge is 0.225 e. The number of benzene rings is 1. The molecule has 2 aromatic rings. The number of likely N-dealkylation sites (tertiary alicyclic amines) is 1. The summed E-state index contributed by atoms with van der Waals surface area (Å²) in [5, 5.41) is 3.25. The number of hydrogen-bond acceptors (Lipinski definition) is 5. The van der Waals surface area contributed by atoms with Gasteiger partial charge < -0.3 is 10.2 Å². The number of amides is 1. The average Bonchev–Trinajstić information content (AvgIpc) is 2.80. The van der Waals surface area contributed by atoms with Gasteiger partial charge in [0.1, 0.15) is 0 Å². The van der Waals surface area contributed by atoms with Gasteiger partial charge in [-0.15, -0.1) is 0 Å². The molecule has 1 N–H and O–H groups in total. The van der Waals surface area contributed by atoms with E-state index in [0.717, 1.165) is 70.0 Å². The Hall–Kier alpha value is -2.47. The number of piperidine rings is 2. The van der Waals surface area contributed by atoms with Crippen LogP contribution < -0.4 is 10.2 Å². The number of rotatable bonds is 6. The number of carbonyl (C=O) groups excluding carboxylic acids is 1. The molecule has 0 saturated carbocycles. The molecule has 6 heteroatoms. The molecule has 1 atom stereocenters. The number of aromatic nitrogens is 2. The number of anilines is 1. The first-order chi connectivity index (χ1) is 15.1. The van der Waals surface area contributed by atoms with Gasteiger partial charge in [-0.05, 0) is 70.2 Å². The molecule has 2 saturated heterocycles. The van der Waals surface area contributed by atoms with E-state index in [9.17, 15) is 4.79 Å². The summed E-state index contributed by atoms with van der Waals surface area (Å²) >= 11 is 0. The predicted octanol–water partition coefficient (Wildman–Crippen LogP) is 3.34. The molecule has 0 bridgehead atoms. The molecule has 0 aliphatic carbocycles. The molecule has 6 nitrogen and oxygen atoms in total. The van der Waals surface area contributed by atoms with Crippen molar-refractivity contribution < 1.29 is 4.79 Å². The van der Waals surface area contributed by atoms with Crippen LogP contribution in [-0.4, -0.2) is 53.5 Å². The zero-order valence-corrected chi connectivity index (χ0v) is 18.9. The standard InChI is InChI=1S/C25H35N5O/c1-19-5-7-22(8-6-19)17-29-14-10-21(11-15-29)16-27-24(31)23-4-3-13-30(18-23)25-26-12-9-20(2)28-25/h5-9,12,21,23H,3-4,10-11,13-18H2,1-2H3,(H,27,31)/t23-/m1/s1. The Morgan fingerprint density at radius 2 is 1.84 bits per heavy atom. The molecular weight excluding hydrogens is 386 g/mol. The Balaban J connectivity index is 1.20. The highest BCUT2D eigenvalue weighted by Gasteiger charge is 2.28. The fourth-order valence-electron chi connectivity index (χ4n) is 4.65. The van der Waals surface area contributed by atoms with Crippen molar-refractivity contribution in [1.82, 2.24) is 20.2 Å². The Morgan fingerprint density at radius 3 is 2.58 bits per heavy atom. The minimum atomic E-state index is 0.0273. The molecule has 2 aliphatic rings. The van der Waals surface area contributed by atoms with Crippen LogP contribution in [0.4, 0.5) is 5.95 Å². The molecule has 1 amide bonds. The molecule has 166 valence electrons. The van der Waals surface area contributed by atoms with Crippen molar-refractivity contribution in [3.8, 4) is 0 Å². The van der Waals surface area contributed by atoms with Crippen LogP contribution in [0.1, 0.15) is 42.5 Å². The molecule has 4 rings (SSSR count). The number of nitrogens with one attached hydrogen (secondary N) is 1. The molecule has 0 radical (unpaired) electrons. The Morgan fingerprint density at radius 1 is 1.06 bits per heavy atom. The van der Waals surface area contributed by atoms with Crippen molar-refractivity contribution in [2.24, 2.45) is 11.8 Å². The quantitative estimate of drug-likeness (QED) is 0.775. The number of carbonyl (C=O) groups is 1. The summed E-state index contributed by atoms with van der Waals surface area (Å²) in [5.74, 6) is 1.55. The molecule has 3 heterocycles. The van der Waals surface area contributed by atoms with Crippen LogP contribution in [0.3, 0.4) is 0 Å². The van der Waals surface area contributed by atoms with Crippen LogP contribution in [-0.2, 0) is 11.3 Å². The lowest BCUT2D eigenvalue weighted by atomic mass is 9.94. The lowest BCUT2D eigenvalue weighted by Gasteiger charge is -2.34. The van der Waals surface area contributed by atoms with Gasteiger partial charge in [-0.25, -0.2) is 9.97 Å². The van der Waals surface area contributed by atoms with E-state index in [0.29, 0.717) is 12.5 Å². The second kappa shape index (κ2) is 10.2. The molecule has 2 aliphatic heterocycles. The van der Waals surface area contributed by atoms with E-state index in [-0.39, 0.29) is 11.8 Å². The molecule has 0 spiro atoms. The Labute approximate surface area is 186 Å². The summed E-state index contributed by atoms with van der Waals surface area (Å²) in [5.41, 5.74) is 3.66. The van der Waals surface area contributed by atoms with Crippen LogP contribution in [0.2, 0.25) is 0 Å². The molecular formula is C25H35N5O. The lowest BCUT2D eigenvalue weighted by molar-refractivity contribution is -0.125. The van der Waals surface area contributed by atoms with Gasteiger partial charge in [0.2, 0.25) is 11.9 Å². The van der Waals surface area contributed by atoms with Gasteiger partial charge in [-0.1, -0.05) is 29.8 Å². The zero-order chi connectivity index (χ0) is 21.6. The van der Waals surface area contributed by atoms with Gasteiger partial charge in [0.05, 0.1) is 5.92 Å². The van der Waals surface area contributed by atoms with Gasteiger partial charge in [0, 0.05) is 38.1 Å². The minimum absolute atomic E-state index is 0.0273. The maximum atomic E-state index is 12.8. The maximum absolute atomic E-state index is 12.8. The van der Waals surface area contributed by atoms with Crippen molar-refractivity contribution in [3.05, 3.63) is 53.3 Å². The predicted molar refractivity (Wildman–Crippen MR) is 124 cm³/mol. The van der Waals surface area contributed by atoms with Crippen LogP contribution in [0.15, 0.2) is 36.5 Å². The highest BCUT2D eigenvalue weighted by molar-refractivity contribution is 5.79. The number of hydrogen-bond donors (Lipinski definition) is 1. The van der Waals surface area contributed by atoms with E-state index >= 15 is 0 Å². The normalized spacial score (nSPS) is 20.6. The second-order valence-electron chi connectivity index (χ2n) is 9.23. The Bertz CT molecular complexity index is 860. The van der Waals surface area contributed by atoms with Crippen molar-refractivity contribution in [2.75, 3.05) is 37.6 Å². The van der Waals surface area contributed by atoms with Crippen LogP contribution >= 0.6 is 0 Å². The summed E-state index contributed by atoms with van der Waals surface area (Å²) in [4.78, 5) is 26.4. The first-order valence-electron chi connectivity index (χ1n) is 11.7. The van der Waals surface area contributed by atoms with E-state index in [4.69, 9.17) is 0 Å². The van der Waals surface area contributed by atoms with Gasteiger partial charge in [0.15, 0.2) is 0 Å². The summed E-state index contributed by atoms with van der Waals surface area (Å²) in [6.07, 6.45) is 6.06. The number of aryl methyl sites for hydroxylation is 2. The van der Waals surface area contributed by atoms with Crippen molar-refractivity contribution in [1.29, 1.82) is 0 Å². The van der Waals surface area contributed by atoms with Crippen LogP contribution in [0.5, 0.6) is 0 Å². The fraction of sp³-hybridized carbons (Fsp3) is 0.560. The highest BCUT2D eigenvalue weighted by atomic mass is 16.1. The SMILES string of the molecule is Cc1ccc(CN2CCC(CNC(=O)[C@@H]3CCCN(c4nccc(C)n4)C3)CC2)cc1. The van der Waals surface area contributed by atoms with Crippen LogP contribution in [0, 0.1) is 25.7 Å². The first kappa shape index (κ1) is 21.8. The third kappa shape index (κ3) is 6.03. The average molecular weight is 422 g/mol. The second-order valence-corrected chi connectivity index (χ2v) is 9.23. The summed E-state index contributed by atoms with van der Waals surface area (Å²) < 4.78 is 0. The molecule has 1 aromatic carbocycles. The fourth-order valence-corrected chi connectivity index (χ4v) is 4.65. The van der Waals surface area contributed by atoms with Gasteiger partial charge in [-0.2, -0.15) is 0 Å². The Kier molecular flexibility index (Phi) is 7.17. The summed E-state index contributed by atoms with van der Waals surface area (Å²) in [6, 6.07) is 10.8. The van der Waals surface area contributed by atoms with Crippen molar-refractivity contribution in [2.45, 2.75) is 46.1 Å². The van der Waals surface area contributed by atoms with Gasteiger partial charge >= 0.3 is 0 Å². The van der Waals surface area contributed by atoms with E-state index in [1.165, 1.54) is 11.1 Å². The van der Waals surface area contributed by atoms with Crippen LogP contribution in [0.25, 0.3) is 0 Å². The maximum Gasteiger partial charge on any atom is 0.225 e. The third-order valence-corrected chi connectivity index (χ3v) is 6.66. The molecule has 2 fully saturated rings. The summed E-state index contributed by atoms with van der Waals surface area (Å²) in [6.45, 7) is 9.78. The first-order valence-corrected chi connectivity index (χ1v) is 11.7. The lowest BCUT2D eigenvalue weighted by Crippen LogP contribution is -2.45. The van der Waals surface area contributed by atoms with Gasteiger partial charge in [0.25, 0.3) is 0 Å². The van der Waals surface area contributed by atoms with Crippen molar-refractivity contribution in [3.63, 3.8) is 0 Å². The molecule has 0 unspecified atom stereocenters. The molecule has 1 aromatic heterocycles. The highest BCUT2D eigenvalue weighted by Crippen LogP contribution is 2.22.